The first-order valence-corrected chi connectivity index (χ1v) is 9.40. The fourth-order valence-electron chi connectivity index (χ4n) is 2.58. The molecule has 0 atom stereocenters. The van der Waals surface area contributed by atoms with Gasteiger partial charge in [-0.25, -0.2) is 8.42 Å². The van der Waals surface area contributed by atoms with Crippen LogP contribution in [0.1, 0.15) is 26.7 Å². The fraction of sp³-hybridized carbons (Fsp3) is 0.571. The number of sulfonamides is 1. The maximum atomic E-state index is 12.4. The highest BCUT2D eigenvalue weighted by Crippen LogP contribution is 2.31. The zero-order chi connectivity index (χ0) is 14.8. The number of hydrogen-bond donors (Lipinski definition) is 1. The largest absolute Gasteiger partial charge is 0.399 e. The Labute approximate surface area is 125 Å². The summed E-state index contributed by atoms with van der Waals surface area (Å²) in [5, 5.41) is 0. The van der Waals surface area contributed by atoms with E-state index in [2.05, 4.69) is 0 Å². The SMILES string of the molecule is CC1(C)CCCN1S(=O)(=O)CCSc1cccc(N)c1. The summed E-state index contributed by atoms with van der Waals surface area (Å²) in [6.07, 6.45) is 1.89. The molecule has 0 aromatic heterocycles. The highest BCUT2D eigenvalue weighted by atomic mass is 32.2. The summed E-state index contributed by atoms with van der Waals surface area (Å²) >= 11 is 1.53. The van der Waals surface area contributed by atoms with Gasteiger partial charge in [0.05, 0.1) is 5.75 Å². The number of nitrogens with two attached hydrogens (primary N) is 1. The zero-order valence-corrected chi connectivity index (χ0v) is 13.6. The van der Waals surface area contributed by atoms with Crippen LogP contribution in [0.25, 0.3) is 0 Å². The Kier molecular flexibility index (Phi) is 4.66. The van der Waals surface area contributed by atoms with Gasteiger partial charge in [-0.05, 0) is 44.9 Å². The molecule has 1 fully saturated rings. The number of hydrogen-bond acceptors (Lipinski definition) is 4. The van der Waals surface area contributed by atoms with Crippen LogP contribution in [0.4, 0.5) is 5.69 Å². The number of nitrogen functional groups attached to an aromatic ring is 1. The molecule has 1 saturated heterocycles. The molecular formula is C14H22N2O2S2. The monoisotopic (exact) mass is 314 g/mol. The van der Waals surface area contributed by atoms with E-state index >= 15 is 0 Å². The molecule has 1 aromatic carbocycles. The quantitative estimate of drug-likeness (QED) is 0.670. The van der Waals surface area contributed by atoms with Crippen LogP contribution in [-0.2, 0) is 10.0 Å². The lowest BCUT2D eigenvalue weighted by Gasteiger charge is -2.30. The average Bonchev–Trinajstić information content (AvgIpc) is 2.69. The van der Waals surface area contributed by atoms with Crippen molar-refractivity contribution in [1.82, 2.24) is 4.31 Å². The van der Waals surface area contributed by atoms with Gasteiger partial charge in [-0.2, -0.15) is 4.31 Å². The van der Waals surface area contributed by atoms with Crippen LogP contribution in [0.2, 0.25) is 0 Å². The third kappa shape index (κ3) is 3.68. The Morgan fingerprint density at radius 3 is 2.75 bits per heavy atom. The Hall–Kier alpha value is -0.720. The average molecular weight is 314 g/mol. The summed E-state index contributed by atoms with van der Waals surface area (Å²) in [5.74, 6) is 0.730. The minimum atomic E-state index is -3.17. The van der Waals surface area contributed by atoms with Crippen LogP contribution >= 0.6 is 11.8 Å². The van der Waals surface area contributed by atoms with Gasteiger partial charge >= 0.3 is 0 Å². The molecule has 0 aliphatic carbocycles. The lowest BCUT2D eigenvalue weighted by Crippen LogP contribution is -2.44. The van der Waals surface area contributed by atoms with Crippen LogP contribution < -0.4 is 5.73 Å². The molecule has 0 saturated carbocycles. The van der Waals surface area contributed by atoms with E-state index in [-0.39, 0.29) is 11.3 Å². The molecule has 1 heterocycles. The van der Waals surface area contributed by atoms with Gasteiger partial charge in [0.1, 0.15) is 0 Å². The van der Waals surface area contributed by atoms with Gasteiger partial charge in [0.15, 0.2) is 0 Å². The van der Waals surface area contributed by atoms with Crippen molar-refractivity contribution in [3.05, 3.63) is 24.3 Å². The van der Waals surface area contributed by atoms with E-state index < -0.39 is 10.0 Å². The molecule has 0 spiro atoms. The number of nitrogens with zero attached hydrogens (tertiary/aromatic N) is 1. The van der Waals surface area contributed by atoms with Gasteiger partial charge < -0.3 is 5.73 Å². The number of anilines is 1. The van der Waals surface area contributed by atoms with E-state index in [1.165, 1.54) is 11.8 Å². The van der Waals surface area contributed by atoms with Crippen LogP contribution in [0.3, 0.4) is 0 Å². The first-order chi connectivity index (χ1) is 9.31. The predicted molar refractivity (Wildman–Crippen MR) is 85.4 cm³/mol. The second kappa shape index (κ2) is 5.95. The molecule has 2 rings (SSSR count). The second-order valence-corrected chi connectivity index (χ2v) is 8.91. The van der Waals surface area contributed by atoms with Crippen molar-refractivity contribution in [2.75, 3.05) is 23.8 Å². The fourth-order valence-corrected chi connectivity index (χ4v) is 5.86. The Morgan fingerprint density at radius 2 is 2.15 bits per heavy atom. The molecule has 1 aliphatic heterocycles. The van der Waals surface area contributed by atoms with Crippen molar-refractivity contribution in [3.63, 3.8) is 0 Å². The Morgan fingerprint density at radius 1 is 1.40 bits per heavy atom. The molecule has 20 heavy (non-hydrogen) atoms. The van der Waals surface area contributed by atoms with Crippen LogP contribution in [-0.4, -0.2) is 36.3 Å². The molecule has 0 bridgehead atoms. The molecule has 2 N–H and O–H groups in total. The van der Waals surface area contributed by atoms with Crippen molar-refractivity contribution in [2.24, 2.45) is 0 Å². The summed E-state index contributed by atoms with van der Waals surface area (Å²) in [4.78, 5) is 1.01. The third-order valence-corrected chi connectivity index (χ3v) is 6.95. The van der Waals surface area contributed by atoms with Gasteiger partial charge in [-0.3, -0.25) is 0 Å². The molecule has 0 radical (unpaired) electrons. The molecule has 4 nitrogen and oxygen atoms in total. The molecular weight excluding hydrogens is 292 g/mol. The first kappa shape index (κ1) is 15.7. The van der Waals surface area contributed by atoms with E-state index in [4.69, 9.17) is 5.73 Å². The van der Waals surface area contributed by atoms with Gasteiger partial charge in [-0.1, -0.05) is 6.07 Å². The minimum absolute atomic E-state index is 0.176. The maximum absolute atomic E-state index is 12.4. The van der Waals surface area contributed by atoms with Crippen LogP contribution in [0.5, 0.6) is 0 Å². The van der Waals surface area contributed by atoms with Crippen molar-refractivity contribution >= 4 is 27.5 Å². The van der Waals surface area contributed by atoms with E-state index in [9.17, 15) is 8.42 Å². The lowest BCUT2D eigenvalue weighted by atomic mass is 10.0. The topological polar surface area (TPSA) is 63.4 Å². The summed E-state index contributed by atoms with van der Waals surface area (Å²) in [6, 6.07) is 7.54. The number of rotatable bonds is 5. The highest BCUT2D eigenvalue weighted by molar-refractivity contribution is 8.00. The molecule has 0 amide bonds. The summed E-state index contributed by atoms with van der Waals surface area (Å²) < 4.78 is 26.5. The van der Waals surface area contributed by atoms with Crippen LogP contribution in [0.15, 0.2) is 29.2 Å². The van der Waals surface area contributed by atoms with Gasteiger partial charge in [0.2, 0.25) is 10.0 Å². The van der Waals surface area contributed by atoms with Gasteiger partial charge in [-0.15, -0.1) is 11.8 Å². The van der Waals surface area contributed by atoms with E-state index in [1.807, 2.05) is 38.1 Å². The normalized spacial score (nSPS) is 19.3. The summed E-state index contributed by atoms with van der Waals surface area (Å²) in [6.45, 7) is 4.66. The minimum Gasteiger partial charge on any atom is -0.399 e. The van der Waals surface area contributed by atoms with E-state index in [0.717, 1.165) is 17.7 Å². The number of benzene rings is 1. The molecule has 1 aliphatic rings. The molecule has 6 heteroatoms. The smallest absolute Gasteiger partial charge is 0.215 e. The Bertz CT molecular complexity index is 570. The van der Waals surface area contributed by atoms with Crippen molar-refractivity contribution in [2.45, 2.75) is 37.1 Å². The van der Waals surface area contributed by atoms with Crippen LogP contribution in [0, 0.1) is 0 Å². The summed E-state index contributed by atoms with van der Waals surface area (Å²) in [7, 11) is -3.17. The first-order valence-electron chi connectivity index (χ1n) is 6.80. The van der Waals surface area contributed by atoms with Crippen molar-refractivity contribution < 1.29 is 8.42 Å². The maximum Gasteiger partial charge on any atom is 0.215 e. The van der Waals surface area contributed by atoms with Gasteiger partial charge in [0.25, 0.3) is 0 Å². The number of thioether (sulfide) groups is 1. The predicted octanol–water partition coefficient (Wildman–Crippen LogP) is 2.57. The lowest BCUT2D eigenvalue weighted by molar-refractivity contribution is 0.292. The second-order valence-electron chi connectivity index (χ2n) is 5.73. The van der Waals surface area contributed by atoms with Gasteiger partial charge in [0, 0.05) is 28.4 Å². The van der Waals surface area contributed by atoms with E-state index in [1.54, 1.807) is 4.31 Å². The highest BCUT2D eigenvalue weighted by Gasteiger charge is 2.39. The molecule has 112 valence electrons. The zero-order valence-electron chi connectivity index (χ0n) is 12.0. The van der Waals surface area contributed by atoms with Crippen molar-refractivity contribution in [3.8, 4) is 0 Å². The molecule has 0 unspecified atom stereocenters. The van der Waals surface area contributed by atoms with E-state index in [0.29, 0.717) is 18.0 Å². The summed E-state index contributed by atoms with van der Waals surface area (Å²) in [5.41, 5.74) is 6.18. The Balaban J connectivity index is 1.93. The molecule has 1 aromatic rings. The standard InChI is InChI=1S/C14H22N2O2S2/c1-14(2)7-4-8-16(14)20(17,18)10-9-19-13-6-3-5-12(15)11-13/h3,5-6,11H,4,7-10,15H2,1-2H3. The van der Waals surface area contributed by atoms with Crippen molar-refractivity contribution in [1.29, 1.82) is 0 Å². The third-order valence-electron chi connectivity index (χ3n) is 3.63.